The molecule has 0 spiro atoms. The summed E-state index contributed by atoms with van der Waals surface area (Å²) in [7, 11) is 0. The average Bonchev–Trinajstić information content (AvgIpc) is 2.87. The highest BCUT2D eigenvalue weighted by atomic mass is 79.9. The van der Waals surface area contributed by atoms with Crippen LogP contribution in [0.5, 0.6) is 17.2 Å². The lowest BCUT2D eigenvalue weighted by molar-refractivity contribution is -0.122. The monoisotopic (exact) mass is 572 g/mol. The average molecular weight is 573 g/mol. The molecule has 0 unspecified atom stereocenters. The lowest BCUT2D eigenvalue weighted by atomic mass is 10.1. The van der Waals surface area contributed by atoms with Crippen LogP contribution in [0.15, 0.2) is 46.4 Å². The zero-order valence-corrected chi connectivity index (χ0v) is 23.1. The molecule has 1 aliphatic heterocycles. The third kappa shape index (κ3) is 7.35. The van der Waals surface area contributed by atoms with Crippen molar-refractivity contribution in [2.75, 3.05) is 24.7 Å². The van der Waals surface area contributed by atoms with Crippen LogP contribution < -0.4 is 24.4 Å². The van der Waals surface area contributed by atoms with Crippen LogP contribution in [0.4, 0.5) is 10.5 Å². The van der Waals surface area contributed by atoms with Crippen LogP contribution in [-0.4, -0.2) is 37.7 Å². The van der Waals surface area contributed by atoms with Crippen LogP contribution in [0.3, 0.4) is 0 Å². The summed E-state index contributed by atoms with van der Waals surface area (Å²) >= 11 is 3.44. The van der Waals surface area contributed by atoms with Crippen LogP contribution in [0, 0.1) is 0 Å². The van der Waals surface area contributed by atoms with Crippen molar-refractivity contribution >= 4 is 45.5 Å². The maximum atomic E-state index is 13.5. The molecule has 3 rings (SSSR count). The molecule has 2 aromatic carbocycles. The number of anilines is 1. The van der Waals surface area contributed by atoms with Gasteiger partial charge in [-0.2, -0.15) is 0 Å². The molecule has 198 valence electrons. The lowest BCUT2D eigenvalue weighted by Crippen LogP contribution is -2.54. The molecule has 1 heterocycles. The van der Waals surface area contributed by atoms with E-state index in [1.165, 1.54) is 6.08 Å². The van der Waals surface area contributed by atoms with E-state index in [-0.39, 0.29) is 11.3 Å². The summed E-state index contributed by atoms with van der Waals surface area (Å²) in [4.78, 5) is 39.8. The first-order valence-corrected chi connectivity index (χ1v) is 13.4. The zero-order chi connectivity index (χ0) is 26.8. The van der Waals surface area contributed by atoms with E-state index in [1.807, 2.05) is 19.9 Å². The first-order chi connectivity index (χ1) is 17.9. The zero-order valence-electron chi connectivity index (χ0n) is 21.5. The highest BCUT2D eigenvalue weighted by Gasteiger charge is 2.37. The molecule has 0 radical (unpaired) electrons. The number of barbiturate groups is 1. The molecule has 1 saturated heterocycles. The van der Waals surface area contributed by atoms with Crippen molar-refractivity contribution in [1.82, 2.24) is 5.32 Å². The number of nitrogens with one attached hydrogen (secondary N) is 1. The van der Waals surface area contributed by atoms with Gasteiger partial charge in [-0.15, -0.1) is 0 Å². The Bertz CT molecular complexity index is 1160. The summed E-state index contributed by atoms with van der Waals surface area (Å²) in [5.41, 5.74) is 0.628. The number of hydrogen-bond acceptors (Lipinski definition) is 6. The Labute approximate surface area is 226 Å². The van der Waals surface area contributed by atoms with Crippen LogP contribution in [-0.2, 0) is 9.59 Å². The predicted octanol–water partition coefficient (Wildman–Crippen LogP) is 6.26. The summed E-state index contributed by atoms with van der Waals surface area (Å²) in [6, 6.07) is 9.34. The van der Waals surface area contributed by atoms with Gasteiger partial charge in [-0.05, 0) is 56.2 Å². The molecule has 1 fully saturated rings. The number of urea groups is 1. The maximum Gasteiger partial charge on any atom is 0.335 e. The van der Waals surface area contributed by atoms with Crippen molar-refractivity contribution in [1.29, 1.82) is 0 Å². The van der Waals surface area contributed by atoms with Crippen LogP contribution in [0.2, 0.25) is 0 Å². The highest BCUT2D eigenvalue weighted by molar-refractivity contribution is 9.10. The Hall–Kier alpha value is -3.33. The maximum absolute atomic E-state index is 13.5. The number of nitrogens with zero attached hydrogens (tertiary/aromatic N) is 1. The quantitative estimate of drug-likeness (QED) is 0.173. The number of halogens is 1. The molecule has 4 amide bonds. The standard InChI is InChI=1S/C28H33BrN2O6/c1-4-7-8-9-15-37-23-12-10-20(29)16-19(23)17-22-26(32)30-28(34)31(27(22)33)21-11-13-24(36-14-5-2)25(18-21)35-6-3/h10-13,16-18H,4-9,14-15H2,1-3H3,(H,30,32,34)/b22-17+. The Kier molecular flexibility index (Phi) is 10.6. The van der Waals surface area contributed by atoms with E-state index in [0.29, 0.717) is 42.6 Å². The fourth-order valence-corrected chi connectivity index (χ4v) is 4.14. The topological polar surface area (TPSA) is 94.2 Å². The summed E-state index contributed by atoms with van der Waals surface area (Å²) in [6.07, 6.45) is 6.50. The number of hydrogen-bond donors (Lipinski definition) is 1. The molecule has 0 bridgehead atoms. The van der Waals surface area contributed by atoms with Gasteiger partial charge >= 0.3 is 6.03 Å². The molecular weight excluding hydrogens is 540 g/mol. The van der Waals surface area contributed by atoms with E-state index in [9.17, 15) is 14.4 Å². The molecule has 8 nitrogen and oxygen atoms in total. The number of ether oxygens (including phenoxy) is 3. The van der Waals surface area contributed by atoms with E-state index >= 15 is 0 Å². The van der Waals surface area contributed by atoms with Gasteiger partial charge in [0, 0.05) is 16.1 Å². The number of carbonyl (C=O) groups is 3. The van der Waals surface area contributed by atoms with E-state index < -0.39 is 17.8 Å². The smallest absolute Gasteiger partial charge is 0.335 e. The van der Waals surface area contributed by atoms with Gasteiger partial charge in [-0.3, -0.25) is 14.9 Å². The molecule has 9 heteroatoms. The summed E-state index contributed by atoms with van der Waals surface area (Å²) in [5.74, 6) is -0.0473. The largest absolute Gasteiger partial charge is 0.493 e. The second kappa shape index (κ2) is 13.8. The molecule has 0 aliphatic carbocycles. The number of benzene rings is 2. The van der Waals surface area contributed by atoms with Gasteiger partial charge in [0.1, 0.15) is 11.3 Å². The molecule has 1 N–H and O–H groups in total. The Morgan fingerprint density at radius 1 is 0.838 bits per heavy atom. The van der Waals surface area contributed by atoms with Crippen LogP contribution >= 0.6 is 15.9 Å². The van der Waals surface area contributed by atoms with Crippen molar-refractivity contribution in [3.8, 4) is 17.2 Å². The van der Waals surface area contributed by atoms with Crippen molar-refractivity contribution < 1.29 is 28.6 Å². The third-order valence-electron chi connectivity index (χ3n) is 5.58. The number of imide groups is 2. The first kappa shape index (κ1) is 28.2. The van der Waals surface area contributed by atoms with Crippen molar-refractivity contribution in [3.05, 3.63) is 52.0 Å². The van der Waals surface area contributed by atoms with Crippen molar-refractivity contribution in [2.24, 2.45) is 0 Å². The summed E-state index contributed by atoms with van der Waals surface area (Å²) in [5, 5.41) is 2.26. The minimum absolute atomic E-state index is 0.183. The molecule has 0 saturated carbocycles. The second-order valence-corrected chi connectivity index (χ2v) is 9.38. The van der Waals surface area contributed by atoms with Gasteiger partial charge in [0.15, 0.2) is 11.5 Å². The van der Waals surface area contributed by atoms with Crippen molar-refractivity contribution in [3.63, 3.8) is 0 Å². The third-order valence-corrected chi connectivity index (χ3v) is 6.07. The van der Waals surface area contributed by atoms with Gasteiger partial charge in [0.25, 0.3) is 11.8 Å². The fourth-order valence-electron chi connectivity index (χ4n) is 3.76. The summed E-state index contributed by atoms with van der Waals surface area (Å²) in [6.45, 7) is 7.36. The van der Waals surface area contributed by atoms with Gasteiger partial charge < -0.3 is 14.2 Å². The SMILES string of the molecule is CCCCCCOc1ccc(Br)cc1/C=C1\C(=O)NC(=O)N(c2ccc(OCCC)c(OCC)c2)C1=O. The molecule has 0 atom stereocenters. The van der Waals surface area contributed by atoms with E-state index in [4.69, 9.17) is 14.2 Å². The fraction of sp³-hybridized carbons (Fsp3) is 0.393. The van der Waals surface area contributed by atoms with Gasteiger partial charge in [-0.25, -0.2) is 9.69 Å². The summed E-state index contributed by atoms with van der Waals surface area (Å²) < 4.78 is 18.1. The number of carbonyl (C=O) groups excluding carboxylic acids is 3. The van der Waals surface area contributed by atoms with Crippen LogP contribution in [0.25, 0.3) is 6.08 Å². The van der Waals surface area contributed by atoms with E-state index in [0.717, 1.165) is 41.5 Å². The van der Waals surface area contributed by atoms with Gasteiger partial charge in [0.2, 0.25) is 0 Å². The predicted molar refractivity (Wildman–Crippen MR) is 146 cm³/mol. The number of amides is 4. The second-order valence-electron chi connectivity index (χ2n) is 8.46. The first-order valence-electron chi connectivity index (χ1n) is 12.6. The Balaban J connectivity index is 1.92. The minimum Gasteiger partial charge on any atom is -0.493 e. The normalized spacial score (nSPS) is 14.6. The molecule has 37 heavy (non-hydrogen) atoms. The Morgan fingerprint density at radius 2 is 1.59 bits per heavy atom. The highest BCUT2D eigenvalue weighted by Crippen LogP contribution is 2.34. The lowest BCUT2D eigenvalue weighted by Gasteiger charge is -2.27. The molecule has 0 aromatic heterocycles. The van der Waals surface area contributed by atoms with Gasteiger partial charge in [-0.1, -0.05) is 49.0 Å². The number of unbranched alkanes of at least 4 members (excludes halogenated alkanes) is 3. The molecule has 2 aromatic rings. The number of rotatable bonds is 13. The van der Waals surface area contributed by atoms with Crippen molar-refractivity contribution in [2.45, 2.75) is 52.9 Å². The molecule has 1 aliphatic rings. The van der Waals surface area contributed by atoms with Crippen LogP contribution in [0.1, 0.15) is 58.4 Å². The minimum atomic E-state index is -0.835. The van der Waals surface area contributed by atoms with E-state index in [2.05, 4.69) is 28.2 Å². The molecular formula is C28H33BrN2O6. The van der Waals surface area contributed by atoms with E-state index in [1.54, 1.807) is 30.3 Å². The Morgan fingerprint density at radius 3 is 2.32 bits per heavy atom. The van der Waals surface area contributed by atoms with Gasteiger partial charge in [0.05, 0.1) is 25.5 Å².